The Morgan fingerprint density at radius 2 is 1.95 bits per heavy atom. The molecule has 6 nitrogen and oxygen atoms in total. The van der Waals surface area contributed by atoms with Crippen LogP contribution in [0, 0.1) is 0 Å². The molecule has 2 rings (SSSR count). The van der Waals surface area contributed by atoms with Crippen molar-refractivity contribution in [2.45, 2.75) is 6.18 Å². The van der Waals surface area contributed by atoms with Gasteiger partial charge in [0.05, 0.1) is 6.54 Å². The van der Waals surface area contributed by atoms with Crippen LogP contribution >= 0.6 is 0 Å². The molecule has 1 saturated heterocycles. The molecule has 0 aliphatic carbocycles. The van der Waals surface area contributed by atoms with Crippen LogP contribution in [0.15, 0.2) is 17.2 Å². The van der Waals surface area contributed by atoms with Crippen LogP contribution in [0.2, 0.25) is 0 Å². The normalized spacial score (nSPS) is 17.2. The maximum atomic E-state index is 12.2. The van der Waals surface area contributed by atoms with Crippen LogP contribution in [0.5, 0.6) is 0 Å². The largest absolute Gasteiger partial charge is 0.401 e. The lowest BCUT2D eigenvalue weighted by molar-refractivity contribution is -0.148. The number of aromatic amines is 1. The van der Waals surface area contributed by atoms with Gasteiger partial charge in [0.15, 0.2) is 5.69 Å². The molecule has 9 heteroatoms. The number of alkyl halides is 3. The molecule has 110 valence electrons. The zero-order valence-corrected chi connectivity index (χ0v) is 10.5. The van der Waals surface area contributed by atoms with E-state index in [0.717, 1.165) is 0 Å². The maximum Gasteiger partial charge on any atom is 0.401 e. The van der Waals surface area contributed by atoms with Crippen LogP contribution < -0.4 is 5.56 Å². The van der Waals surface area contributed by atoms with Crippen LogP contribution in [0.1, 0.15) is 10.5 Å². The number of aromatic nitrogens is 2. The summed E-state index contributed by atoms with van der Waals surface area (Å²) in [6.07, 6.45) is -1.65. The summed E-state index contributed by atoms with van der Waals surface area (Å²) in [5.41, 5.74) is -0.841. The highest BCUT2D eigenvalue weighted by atomic mass is 19.4. The molecule has 1 amide bonds. The van der Waals surface area contributed by atoms with Crippen molar-refractivity contribution in [1.82, 2.24) is 19.8 Å². The minimum absolute atomic E-state index is 0.121. The molecule has 0 atom stereocenters. The summed E-state index contributed by atoms with van der Waals surface area (Å²) in [6.45, 7) is -0.457. The predicted molar refractivity (Wildman–Crippen MR) is 63.3 cm³/mol. The molecule has 0 bridgehead atoms. The fourth-order valence-electron chi connectivity index (χ4n) is 2.02. The fourth-order valence-corrected chi connectivity index (χ4v) is 2.02. The number of amides is 1. The number of carbonyl (C=O) groups excluding carboxylic acids is 1. The first kappa shape index (κ1) is 14.5. The number of hydrogen-bond donors (Lipinski definition) is 1. The second-order valence-corrected chi connectivity index (χ2v) is 4.45. The smallest absolute Gasteiger partial charge is 0.335 e. The van der Waals surface area contributed by atoms with Crippen LogP contribution in [0.3, 0.4) is 0 Å². The van der Waals surface area contributed by atoms with Gasteiger partial charge in [0.2, 0.25) is 0 Å². The lowest BCUT2D eigenvalue weighted by Crippen LogP contribution is -2.51. The molecule has 1 aromatic rings. The van der Waals surface area contributed by atoms with E-state index in [2.05, 4.69) is 9.97 Å². The molecule has 0 radical (unpaired) electrons. The molecule has 1 aliphatic rings. The average molecular weight is 290 g/mol. The number of piperazine rings is 1. The summed E-state index contributed by atoms with van der Waals surface area (Å²) in [4.78, 5) is 32.1. The van der Waals surface area contributed by atoms with E-state index in [0.29, 0.717) is 0 Å². The summed E-state index contributed by atoms with van der Waals surface area (Å²) in [5, 5.41) is 0. The second kappa shape index (κ2) is 5.61. The maximum absolute atomic E-state index is 12.2. The number of H-pyrrole nitrogens is 1. The van der Waals surface area contributed by atoms with E-state index in [1.807, 2.05) is 0 Å². The Hall–Kier alpha value is -1.90. The number of rotatable bonds is 2. The van der Waals surface area contributed by atoms with Gasteiger partial charge in [0, 0.05) is 38.6 Å². The molecule has 0 saturated carbocycles. The fraction of sp³-hybridized carbons (Fsp3) is 0.545. The third-order valence-corrected chi connectivity index (χ3v) is 2.97. The molecular formula is C11H13F3N4O2. The molecule has 1 N–H and O–H groups in total. The molecule has 20 heavy (non-hydrogen) atoms. The summed E-state index contributed by atoms with van der Waals surface area (Å²) in [7, 11) is 0. The van der Waals surface area contributed by atoms with Crippen molar-refractivity contribution < 1.29 is 18.0 Å². The molecular weight excluding hydrogens is 277 g/mol. The molecule has 0 unspecified atom stereocenters. The van der Waals surface area contributed by atoms with Gasteiger partial charge in [-0.25, -0.2) is 4.98 Å². The Labute approximate surface area is 112 Å². The van der Waals surface area contributed by atoms with Gasteiger partial charge in [-0.1, -0.05) is 0 Å². The highest BCUT2D eigenvalue weighted by Crippen LogP contribution is 2.17. The van der Waals surface area contributed by atoms with Gasteiger partial charge < -0.3 is 9.88 Å². The SMILES string of the molecule is O=C(c1ncc[nH]c1=O)N1CCN(CC(F)(F)F)CC1. The Morgan fingerprint density at radius 3 is 2.50 bits per heavy atom. The van der Waals surface area contributed by atoms with Gasteiger partial charge in [0.25, 0.3) is 11.5 Å². The number of carbonyl (C=O) groups is 1. The third-order valence-electron chi connectivity index (χ3n) is 2.97. The third kappa shape index (κ3) is 3.56. The van der Waals surface area contributed by atoms with Crippen molar-refractivity contribution in [3.8, 4) is 0 Å². The van der Waals surface area contributed by atoms with Crippen LogP contribution in [0.4, 0.5) is 13.2 Å². The van der Waals surface area contributed by atoms with Gasteiger partial charge >= 0.3 is 6.18 Å². The Bertz CT molecular complexity index is 535. The predicted octanol–water partition coefficient (Wildman–Crippen LogP) is 0.0900. The van der Waals surface area contributed by atoms with E-state index in [1.54, 1.807) is 0 Å². The monoisotopic (exact) mass is 290 g/mol. The van der Waals surface area contributed by atoms with Crippen molar-refractivity contribution in [2.75, 3.05) is 32.7 Å². The average Bonchev–Trinajstić information content (AvgIpc) is 2.37. The zero-order valence-electron chi connectivity index (χ0n) is 10.5. The second-order valence-electron chi connectivity index (χ2n) is 4.45. The first-order valence-corrected chi connectivity index (χ1v) is 5.99. The minimum Gasteiger partial charge on any atom is -0.335 e. The Kier molecular flexibility index (Phi) is 4.07. The van der Waals surface area contributed by atoms with E-state index in [1.165, 1.54) is 22.2 Å². The van der Waals surface area contributed by atoms with Crippen molar-refractivity contribution in [2.24, 2.45) is 0 Å². The highest BCUT2D eigenvalue weighted by molar-refractivity contribution is 5.91. The quantitative estimate of drug-likeness (QED) is 0.838. The van der Waals surface area contributed by atoms with Crippen LogP contribution in [0.25, 0.3) is 0 Å². The van der Waals surface area contributed by atoms with Crippen molar-refractivity contribution >= 4 is 5.91 Å². The summed E-state index contributed by atoms with van der Waals surface area (Å²) < 4.78 is 36.7. The first-order chi connectivity index (χ1) is 9.37. The van der Waals surface area contributed by atoms with Gasteiger partial charge in [0.1, 0.15) is 0 Å². The molecule has 2 heterocycles. The lowest BCUT2D eigenvalue weighted by atomic mass is 10.2. The van der Waals surface area contributed by atoms with E-state index >= 15 is 0 Å². The summed E-state index contributed by atoms with van der Waals surface area (Å²) in [5.74, 6) is -0.557. The molecule has 0 aromatic carbocycles. The first-order valence-electron chi connectivity index (χ1n) is 5.99. The van der Waals surface area contributed by atoms with Crippen LogP contribution in [-0.4, -0.2) is 64.6 Å². The lowest BCUT2D eigenvalue weighted by Gasteiger charge is -2.34. The van der Waals surface area contributed by atoms with Gasteiger partial charge in [-0.3, -0.25) is 14.5 Å². The molecule has 0 spiro atoms. The topological polar surface area (TPSA) is 69.3 Å². The zero-order chi connectivity index (χ0) is 14.8. The summed E-state index contributed by atoms with van der Waals surface area (Å²) >= 11 is 0. The molecule has 1 aliphatic heterocycles. The number of hydrogen-bond acceptors (Lipinski definition) is 4. The molecule has 1 fully saturated rings. The Morgan fingerprint density at radius 1 is 1.30 bits per heavy atom. The molecule has 1 aromatic heterocycles. The van der Waals surface area contributed by atoms with Crippen molar-refractivity contribution in [3.05, 3.63) is 28.4 Å². The number of nitrogens with zero attached hydrogens (tertiary/aromatic N) is 3. The van der Waals surface area contributed by atoms with E-state index in [9.17, 15) is 22.8 Å². The van der Waals surface area contributed by atoms with E-state index < -0.39 is 24.2 Å². The van der Waals surface area contributed by atoms with E-state index in [-0.39, 0.29) is 31.9 Å². The number of halogens is 3. The van der Waals surface area contributed by atoms with Gasteiger partial charge in [-0.05, 0) is 0 Å². The number of nitrogens with one attached hydrogen (secondary N) is 1. The van der Waals surface area contributed by atoms with Crippen LogP contribution in [-0.2, 0) is 0 Å². The summed E-state index contributed by atoms with van der Waals surface area (Å²) in [6, 6.07) is 0. The van der Waals surface area contributed by atoms with Crippen molar-refractivity contribution in [1.29, 1.82) is 0 Å². The Balaban J connectivity index is 1.96. The van der Waals surface area contributed by atoms with Gasteiger partial charge in [-0.2, -0.15) is 13.2 Å². The van der Waals surface area contributed by atoms with Crippen molar-refractivity contribution in [3.63, 3.8) is 0 Å². The standard InChI is InChI=1S/C11H13F3N4O2/c12-11(13,14)7-17-3-5-18(6-4-17)10(20)8-9(19)16-2-1-15-8/h1-2H,3-7H2,(H,16,19). The highest BCUT2D eigenvalue weighted by Gasteiger charge is 2.33. The van der Waals surface area contributed by atoms with E-state index in [4.69, 9.17) is 0 Å². The minimum atomic E-state index is -4.25. The van der Waals surface area contributed by atoms with Gasteiger partial charge in [-0.15, -0.1) is 0 Å².